The van der Waals surface area contributed by atoms with Crippen LogP contribution in [0.5, 0.6) is 0 Å². The van der Waals surface area contributed by atoms with Crippen LogP contribution in [-0.2, 0) is 4.79 Å². The van der Waals surface area contributed by atoms with Gasteiger partial charge < -0.3 is 16.0 Å². The summed E-state index contributed by atoms with van der Waals surface area (Å²) in [6, 6.07) is 11.6. The molecule has 3 heterocycles. The Morgan fingerprint density at radius 3 is 2.90 bits per heavy atom. The molecule has 3 aromatic heterocycles. The van der Waals surface area contributed by atoms with Crippen molar-refractivity contribution in [1.29, 1.82) is 0 Å². The van der Waals surface area contributed by atoms with Crippen LogP contribution in [0.4, 0.5) is 27.4 Å². The standard InChI is InChI=1S/C21H20FN7O/c1-23-18-10-17(26-15-6-2-4-12-5-3-7-24-20(12)15)28-21-16(11-25-29(18)21)27-19(30)9-13-8-14(13)22/h2-7,10-11,13-14,23H,8-9H2,1H3,(H,26,28)(H,27,30)/t13-,14-/m0/s1. The molecule has 8 nitrogen and oxygen atoms in total. The maximum absolute atomic E-state index is 13.1. The van der Waals surface area contributed by atoms with Gasteiger partial charge in [0, 0.05) is 37.0 Å². The first-order valence-corrected chi connectivity index (χ1v) is 9.73. The van der Waals surface area contributed by atoms with Crippen molar-refractivity contribution < 1.29 is 9.18 Å². The number of halogens is 1. The third-order valence-electron chi connectivity index (χ3n) is 5.18. The number of amides is 1. The number of pyridine rings is 1. The molecule has 0 spiro atoms. The summed E-state index contributed by atoms with van der Waals surface area (Å²) in [6.07, 6.45) is 3.05. The number of rotatable bonds is 6. The Kier molecular flexibility index (Phi) is 4.42. The van der Waals surface area contributed by atoms with E-state index in [1.165, 1.54) is 0 Å². The average Bonchev–Trinajstić information content (AvgIpc) is 3.29. The molecule has 5 rings (SSSR count). The van der Waals surface area contributed by atoms with Gasteiger partial charge in [-0.1, -0.05) is 18.2 Å². The first-order valence-electron chi connectivity index (χ1n) is 9.73. The molecule has 3 N–H and O–H groups in total. The molecule has 0 radical (unpaired) electrons. The molecule has 1 aliphatic rings. The van der Waals surface area contributed by atoms with Crippen molar-refractivity contribution >= 4 is 45.5 Å². The summed E-state index contributed by atoms with van der Waals surface area (Å²) in [7, 11) is 1.78. The van der Waals surface area contributed by atoms with Gasteiger partial charge in [-0.05, 0) is 18.6 Å². The smallest absolute Gasteiger partial charge is 0.224 e. The number of nitrogens with zero attached hydrogens (tertiary/aromatic N) is 4. The Hall–Kier alpha value is -3.75. The zero-order valence-electron chi connectivity index (χ0n) is 16.3. The SMILES string of the molecule is CNc1cc(Nc2cccc3cccnc23)nc2c(NC(=O)C[C@@H]3C[C@@H]3F)cnn12. The summed E-state index contributed by atoms with van der Waals surface area (Å²) in [4.78, 5) is 21.3. The number of anilines is 4. The van der Waals surface area contributed by atoms with Gasteiger partial charge in [0.25, 0.3) is 0 Å². The topological polar surface area (TPSA) is 96.2 Å². The van der Waals surface area contributed by atoms with Crippen LogP contribution in [0.25, 0.3) is 16.6 Å². The first kappa shape index (κ1) is 18.3. The van der Waals surface area contributed by atoms with Crippen molar-refractivity contribution in [3.8, 4) is 0 Å². The van der Waals surface area contributed by atoms with E-state index in [9.17, 15) is 9.18 Å². The first-order chi connectivity index (χ1) is 14.6. The van der Waals surface area contributed by atoms with Gasteiger partial charge in [-0.15, -0.1) is 0 Å². The van der Waals surface area contributed by atoms with E-state index in [0.717, 1.165) is 16.6 Å². The monoisotopic (exact) mass is 405 g/mol. The lowest BCUT2D eigenvalue weighted by molar-refractivity contribution is -0.116. The normalized spacial score (nSPS) is 17.8. The number of fused-ring (bicyclic) bond motifs is 2. The summed E-state index contributed by atoms with van der Waals surface area (Å²) in [5.74, 6) is 0.859. The zero-order chi connectivity index (χ0) is 20.7. The Balaban J connectivity index is 1.48. The maximum Gasteiger partial charge on any atom is 0.224 e. The number of benzene rings is 1. The molecule has 1 aliphatic carbocycles. The Morgan fingerprint density at radius 1 is 1.27 bits per heavy atom. The van der Waals surface area contributed by atoms with E-state index in [4.69, 9.17) is 0 Å². The number of para-hydroxylation sites is 1. The average molecular weight is 405 g/mol. The van der Waals surface area contributed by atoms with E-state index in [0.29, 0.717) is 29.4 Å². The summed E-state index contributed by atoms with van der Waals surface area (Å²) in [6.45, 7) is 0. The predicted molar refractivity (Wildman–Crippen MR) is 114 cm³/mol. The molecule has 2 atom stereocenters. The highest BCUT2D eigenvalue weighted by atomic mass is 19.1. The Morgan fingerprint density at radius 2 is 2.10 bits per heavy atom. The lowest BCUT2D eigenvalue weighted by Gasteiger charge is -2.12. The predicted octanol–water partition coefficient (Wildman–Crippen LogP) is 3.75. The lowest BCUT2D eigenvalue weighted by Crippen LogP contribution is -2.13. The van der Waals surface area contributed by atoms with E-state index in [2.05, 4.69) is 31.0 Å². The minimum Gasteiger partial charge on any atom is -0.373 e. The summed E-state index contributed by atoms with van der Waals surface area (Å²) >= 11 is 0. The summed E-state index contributed by atoms with van der Waals surface area (Å²) in [5, 5.41) is 14.5. The van der Waals surface area contributed by atoms with E-state index < -0.39 is 6.17 Å². The molecule has 152 valence electrons. The molecule has 1 aromatic carbocycles. The van der Waals surface area contributed by atoms with Crippen LogP contribution in [0.1, 0.15) is 12.8 Å². The molecule has 30 heavy (non-hydrogen) atoms. The number of carbonyl (C=O) groups is 1. The van der Waals surface area contributed by atoms with Gasteiger partial charge in [-0.25, -0.2) is 9.37 Å². The van der Waals surface area contributed by atoms with Crippen LogP contribution in [0.2, 0.25) is 0 Å². The summed E-state index contributed by atoms with van der Waals surface area (Å²) < 4.78 is 14.7. The van der Waals surface area contributed by atoms with Crippen molar-refractivity contribution in [1.82, 2.24) is 19.6 Å². The summed E-state index contributed by atoms with van der Waals surface area (Å²) in [5.41, 5.74) is 2.62. The zero-order valence-corrected chi connectivity index (χ0v) is 16.3. The molecule has 9 heteroatoms. The lowest BCUT2D eigenvalue weighted by atomic mass is 10.2. The van der Waals surface area contributed by atoms with Crippen molar-refractivity contribution in [3.63, 3.8) is 0 Å². The van der Waals surface area contributed by atoms with E-state index in [1.807, 2.05) is 36.4 Å². The molecule has 1 saturated carbocycles. The molecule has 1 fully saturated rings. The molecule has 0 aliphatic heterocycles. The van der Waals surface area contributed by atoms with Gasteiger partial charge in [-0.3, -0.25) is 9.78 Å². The van der Waals surface area contributed by atoms with Crippen molar-refractivity contribution in [2.75, 3.05) is 23.0 Å². The minimum absolute atomic E-state index is 0.164. The third-order valence-corrected chi connectivity index (χ3v) is 5.18. The highest BCUT2D eigenvalue weighted by molar-refractivity contribution is 5.95. The number of hydrogen-bond donors (Lipinski definition) is 3. The highest BCUT2D eigenvalue weighted by Gasteiger charge is 2.38. The van der Waals surface area contributed by atoms with Crippen LogP contribution in [0.15, 0.2) is 48.8 Å². The molecule has 4 aromatic rings. The molecule has 1 amide bonds. The fourth-order valence-corrected chi connectivity index (χ4v) is 3.50. The second kappa shape index (κ2) is 7.25. The van der Waals surface area contributed by atoms with Crippen LogP contribution in [-0.4, -0.2) is 38.7 Å². The van der Waals surface area contributed by atoms with Crippen LogP contribution >= 0.6 is 0 Å². The van der Waals surface area contributed by atoms with E-state index >= 15 is 0 Å². The number of nitrogens with one attached hydrogen (secondary N) is 3. The number of aromatic nitrogens is 4. The number of hydrogen-bond acceptors (Lipinski definition) is 6. The van der Waals surface area contributed by atoms with Gasteiger partial charge in [0.1, 0.15) is 23.5 Å². The van der Waals surface area contributed by atoms with Gasteiger partial charge >= 0.3 is 0 Å². The van der Waals surface area contributed by atoms with Gasteiger partial charge in [0.15, 0.2) is 5.65 Å². The van der Waals surface area contributed by atoms with Crippen molar-refractivity contribution in [2.45, 2.75) is 19.0 Å². The van der Waals surface area contributed by atoms with Crippen molar-refractivity contribution in [3.05, 3.63) is 48.8 Å². The van der Waals surface area contributed by atoms with Crippen LogP contribution in [0.3, 0.4) is 0 Å². The fourth-order valence-electron chi connectivity index (χ4n) is 3.50. The Bertz CT molecular complexity index is 1250. The fraction of sp³-hybridized carbons (Fsp3) is 0.238. The Labute approximate surface area is 171 Å². The molecule has 0 saturated heterocycles. The molecular formula is C21H20FN7O. The quantitative estimate of drug-likeness (QED) is 0.452. The van der Waals surface area contributed by atoms with E-state index in [-0.39, 0.29) is 18.2 Å². The second-order valence-electron chi connectivity index (χ2n) is 7.34. The molecule has 0 bridgehead atoms. The highest BCUT2D eigenvalue weighted by Crippen LogP contribution is 2.37. The van der Waals surface area contributed by atoms with Crippen LogP contribution in [0, 0.1) is 5.92 Å². The maximum atomic E-state index is 13.1. The van der Waals surface area contributed by atoms with E-state index in [1.54, 1.807) is 24.0 Å². The van der Waals surface area contributed by atoms with Crippen LogP contribution < -0.4 is 16.0 Å². The minimum atomic E-state index is -0.862. The third kappa shape index (κ3) is 3.38. The van der Waals surface area contributed by atoms with Gasteiger partial charge in [0.05, 0.1) is 17.4 Å². The molecule has 0 unspecified atom stereocenters. The van der Waals surface area contributed by atoms with Crippen molar-refractivity contribution in [2.24, 2.45) is 5.92 Å². The number of carbonyl (C=O) groups excluding carboxylic acids is 1. The number of alkyl halides is 1. The largest absolute Gasteiger partial charge is 0.373 e. The second-order valence-corrected chi connectivity index (χ2v) is 7.34. The van der Waals surface area contributed by atoms with Gasteiger partial charge in [-0.2, -0.15) is 9.61 Å². The van der Waals surface area contributed by atoms with Gasteiger partial charge in [0.2, 0.25) is 5.91 Å². The molecular weight excluding hydrogens is 385 g/mol.